The third-order valence-corrected chi connectivity index (χ3v) is 10.9. The molecule has 50 heavy (non-hydrogen) atoms. The molecule has 0 saturated heterocycles. The molecule has 0 N–H and O–H groups in total. The lowest BCUT2D eigenvalue weighted by Gasteiger charge is -2.16. The van der Waals surface area contributed by atoms with Gasteiger partial charge < -0.3 is 0 Å². The molecule has 0 aliphatic rings. The Morgan fingerprint density at radius 2 is 0.760 bits per heavy atom. The van der Waals surface area contributed by atoms with Crippen LogP contribution in [0.3, 0.4) is 0 Å². The molecule has 236 valence electrons. The lowest BCUT2D eigenvalue weighted by atomic mass is 9.89. The molecule has 0 unspecified atom stereocenters. The Kier molecular flexibility index (Phi) is 7.99. The molecule has 9 rings (SSSR count). The van der Waals surface area contributed by atoms with E-state index in [0.29, 0.717) is 0 Å². The van der Waals surface area contributed by atoms with Crippen LogP contribution in [0.4, 0.5) is 0 Å². The van der Waals surface area contributed by atoms with Gasteiger partial charge in [-0.1, -0.05) is 164 Å². The first kappa shape index (κ1) is 30.5. The summed E-state index contributed by atoms with van der Waals surface area (Å²) in [5.41, 5.74) is 12.6. The van der Waals surface area contributed by atoms with Gasteiger partial charge in [-0.15, -0.1) is 0 Å². The lowest BCUT2D eigenvalue weighted by Crippen LogP contribution is -1.96. The van der Waals surface area contributed by atoms with Crippen molar-refractivity contribution in [1.29, 1.82) is 0 Å². The van der Waals surface area contributed by atoms with Crippen molar-refractivity contribution in [2.45, 2.75) is 6.42 Å². The van der Waals surface area contributed by atoms with Gasteiger partial charge in [-0.25, -0.2) is 0 Å². The zero-order chi connectivity index (χ0) is 33.4. The van der Waals surface area contributed by atoms with E-state index in [0.717, 1.165) is 6.42 Å². The van der Waals surface area contributed by atoms with E-state index in [1.165, 1.54) is 91.5 Å². The van der Waals surface area contributed by atoms with Gasteiger partial charge in [0.2, 0.25) is 0 Å². The van der Waals surface area contributed by atoms with Crippen LogP contribution < -0.4 is 0 Å². The Bertz CT molecular complexity index is 2640. The standard InChI is InChI=1S/C49H33I/c50-49-27-25-38(35-15-5-2-6-16-35)32-48(49)46-30-37(34-13-3-1-4-14-34)22-23-40(46)29-33-12-11-17-36(28-33)39-24-26-45-43-20-8-7-18-41(43)42-19-9-10-21-44(42)47(45)31-39/h1-28,30-32H,29H2. The Morgan fingerprint density at radius 3 is 1.40 bits per heavy atom. The minimum Gasteiger partial charge on any atom is -0.0622 e. The predicted octanol–water partition coefficient (Wildman–Crippen LogP) is 14.0. The highest BCUT2D eigenvalue weighted by molar-refractivity contribution is 14.1. The largest absolute Gasteiger partial charge is 0.0622 e. The number of rotatable bonds is 6. The van der Waals surface area contributed by atoms with Crippen LogP contribution >= 0.6 is 22.6 Å². The lowest BCUT2D eigenvalue weighted by molar-refractivity contribution is 1.19. The SMILES string of the molecule is Ic1ccc(-c2ccccc2)cc1-c1cc(-c2ccccc2)ccc1Cc1cccc(-c2ccc3c4ccccc4c4ccccc4c3c2)c1. The van der Waals surface area contributed by atoms with E-state index < -0.39 is 0 Å². The molecule has 0 atom stereocenters. The molecule has 0 radical (unpaired) electrons. The van der Waals surface area contributed by atoms with E-state index in [1.54, 1.807) is 0 Å². The molecule has 0 fully saturated rings. The molecule has 0 aliphatic carbocycles. The van der Waals surface area contributed by atoms with Crippen LogP contribution in [0.5, 0.6) is 0 Å². The fraction of sp³-hybridized carbons (Fsp3) is 0.0204. The number of hydrogen-bond acceptors (Lipinski definition) is 0. The van der Waals surface area contributed by atoms with Gasteiger partial charge in [-0.05, 0) is 141 Å². The van der Waals surface area contributed by atoms with Gasteiger partial charge in [-0.3, -0.25) is 0 Å². The monoisotopic (exact) mass is 748 g/mol. The highest BCUT2D eigenvalue weighted by atomic mass is 127. The van der Waals surface area contributed by atoms with Crippen molar-refractivity contribution in [2.24, 2.45) is 0 Å². The molecule has 0 amide bonds. The second-order valence-corrected chi connectivity index (χ2v) is 14.2. The van der Waals surface area contributed by atoms with Gasteiger partial charge in [0, 0.05) is 3.57 Å². The number of halogens is 1. The van der Waals surface area contributed by atoms with E-state index in [4.69, 9.17) is 0 Å². The van der Waals surface area contributed by atoms with E-state index in [-0.39, 0.29) is 0 Å². The number of benzene rings is 9. The first-order valence-corrected chi connectivity index (χ1v) is 18.2. The smallest absolute Gasteiger partial charge is 0.0209 e. The van der Waals surface area contributed by atoms with Gasteiger partial charge in [0.15, 0.2) is 0 Å². The molecule has 9 aromatic carbocycles. The Labute approximate surface area is 306 Å². The van der Waals surface area contributed by atoms with Gasteiger partial charge in [-0.2, -0.15) is 0 Å². The van der Waals surface area contributed by atoms with Crippen LogP contribution in [0.25, 0.3) is 76.8 Å². The first-order valence-electron chi connectivity index (χ1n) is 17.2. The van der Waals surface area contributed by atoms with Crippen molar-refractivity contribution < 1.29 is 0 Å². The Morgan fingerprint density at radius 1 is 0.300 bits per heavy atom. The summed E-state index contributed by atoms with van der Waals surface area (Å²) in [6, 6.07) is 69.0. The average Bonchev–Trinajstić information content (AvgIpc) is 3.19. The summed E-state index contributed by atoms with van der Waals surface area (Å²) < 4.78 is 1.25. The Balaban J connectivity index is 1.15. The van der Waals surface area contributed by atoms with Crippen molar-refractivity contribution in [2.75, 3.05) is 0 Å². The predicted molar refractivity (Wildman–Crippen MR) is 223 cm³/mol. The van der Waals surface area contributed by atoms with Crippen LogP contribution in [-0.2, 0) is 6.42 Å². The fourth-order valence-electron chi connectivity index (χ4n) is 7.50. The number of fused-ring (bicyclic) bond motifs is 6. The van der Waals surface area contributed by atoms with Gasteiger partial charge in [0.05, 0.1) is 0 Å². The second-order valence-electron chi connectivity index (χ2n) is 13.0. The summed E-state index contributed by atoms with van der Waals surface area (Å²) in [6.07, 6.45) is 0.838. The molecule has 1 heteroatoms. The zero-order valence-corrected chi connectivity index (χ0v) is 29.6. The molecule has 0 nitrogen and oxygen atoms in total. The molecular weight excluding hydrogens is 715 g/mol. The van der Waals surface area contributed by atoms with Crippen molar-refractivity contribution in [3.8, 4) is 44.5 Å². The maximum Gasteiger partial charge on any atom is 0.0209 e. The van der Waals surface area contributed by atoms with E-state index in [9.17, 15) is 0 Å². The second kappa shape index (κ2) is 13.1. The average molecular weight is 749 g/mol. The number of hydrogen-bond donors (Lipinski definition) is 0. The topological polar surface area (TPSA) is 0 Å². The maximum absolute atomic E-state index is 2.50. The molecule has 0 aromatic heterocycles. The van der Waals surface area contributed by atoms with Crippen molar-refractivity contribution in [3.05, 3.63) is 203 Å². The molecule has 9 aromatic rings. The summed E-state index contributed by atoms with van der Waals surface area (Å²) in [5.74, 6) is 0. The fourth-order valence-corrected chi connectivity index (χ4v) is 8.13. The molecular formula is C49H33I. The first-order chi connectivity index (χ1) is 24.7. The van der Waals surface area contributed by atoms with Gasteiger partial charge in [0.1, 0.15) is 0 Å². The van der Waals surface area contributed by atoms with Gasteiger partial charge in [0.25, 0.3) is 0 Å². The van der Waals surface area contributed by atoms with Crippen LogP contribution in [0.1, 0.15) is 11.1 Å². The molecule has 0 bridgehead atoms. The molecule has 0 saturated carbocycles. The minimum atomic E-state index is 0.838. The summed E-state index contributed by atoms with van der Waals surface area (Å²) >= 11 is 2.50. The summed E-state index contributed by atoms with van der Waals surface area (Å²) in [5, 5.41) is 7.82. The maximum atomic E-state index is 2.50. The minimum absolute atomic E-state index is 0.838. The van der Waals surface area contributed by atoms with Crippen LogP contribution in [-0.4, -0.2) is 0 Å². The van der Waals surface area contributed by atoms with Crippen LogP contribution in [0.15, 0.2) is 188 Å². The molecule has 0 heterocycles. The van der Waals surface area contributed by atoms with Gasteiger partial charge >= 0.3 is 0 Å². The van der Waals surface area contributed by atoms with Crippen molar-refractivity contribution in [3.63, 3.8) is 0 Å². The van der Waals surface area contributed by atoms with Crippen LogP contribution in [0, 0.1) is 3.57 Å². The van der Waals surface area contributed by atoms with Crippen LogP contribution in [0.2, 0.25) is 0 Å². The quantitative estimate of drug-likeness (QED) is 0.117. The Hall–Kier alpha value is -5.51. The van der Waals surface area contributed by atoms with Crippen molar-refractivity contribution in [1.82, 2.24) is 0 Å². The molecule has 0 spiro atoms. The third-order valence-electron chi connectivity index (χ3n) is 9.98. The van der Waals surface area contributed by atoms with Crippen molar-refractivity contribution >= 4 is 54.9 Å². The van der Waals surface area contributed by atoms with E-state index in [1.807, 2.05) is 0 Å². The highest BCUT2D eigenvalue weighted by Gasteiger charge is 2.15. The molecule has 0 aliphatic heterocycles. The third kappa shape index (κ3) is 5.68. The summed E-state index contributed by atoms with van der Waals surface area (Å²) in [4.78, 5) is 0. The highest BCUT2D eigenvalue weighted by Crippen LogP contribution is 2.39. The van der Waals surface area contributed by atoms with E-state index in [2.05, 4.69) is 211 Å². The summed E-state index contributed by atoms with van der Waals surface area (Å²) in [6.45, 7) is 0. The van der Waals surface area contributed by atoms with E-state index >= 15 is 0 Å². The zero-order valence-electron chi connectivity index (χ0n) is 27.5. The normalized spacial score (nSPS) is 11.4. The summed E-state index contributed by atoms with van der Waals surface area (Å²) in [7, 11) is 0.